The third-order valence-electron chi connectivity index (χ3n) is 5.19. The first-order valence-corrected chi connectivity index (χ1v) is 11.7. The number of aromatic nitrogens is 2. The molecule has 0 unspecified atom stereocenters. The minimum Gasteiger partial charge on any atom is -0.355 e. The monoisotopic (exact) mass is 407 g/mol. The van der Waals surface area contributed by atoms with Crippen molar-refractivity contribution in [2.45, 2.75) is 30.4 Å². The van der Waals surface area contributed by atoms with Crippen LogP contribution in [0.15, 0.2) is 28.5 Å². The van der Waals surface area contributed by atoms with E-state index in [1.807, 2.05) is 25.1 Å². The van der Waals surface area contributed by atoms with E-state index >= 15 is 0 Å². The topological polar surface area (TPSA) is 69.6 Å². The van der Waals surface area contributed by atoms with Gasteiger partial charge in [-0.2, -0.15) is 4.31 Å². The molecule has 0 spiro atoms. The number of thiophene rings is 1. The van der Waals surface area contributed by atoms with Crippen LogP contribution in [0.4, 0.5) is 11.6 Å². The van der Waals surface area contributed by atoms with Crippen LogP contribution in [0.5, 0.6) is 0 Å². The molecule has 4 heterocycles. The van der Waals surface area contributed by atoms with Crippen molar-refractivity contribution in [3.05, 3.63) is 29.1 Å². The molecule has 9 heteroatoms. The van der Waals surface area contributed by atoms with Crippen molar-refractivity contribution in [3.8, 4) is 0 Å². The summed E-state index contributed by atoms with van der Waals surface area (Å²) >= 11 is 1.33. The highest BCUT2D eigenvalue weighted by molar-refractivity contribution is 7.91. The van der Waals surface area contributed by atoms with E-state index in [0.29, 0.717) is 30.4 Å². The molecule has 2 aromatic heterocycles. The highest BCUT2D eigenvalue weighted by Crippen LogP contribution is 2.26. The van der Waals surface area contributed by atoms with Gasteiger partial charge in [0, 0.05) is 44.1 Å². The molecule has 0 aromatic carbocycles. The summed E-state index contributed by atoms with van der Waals surface area (Å²) in [5.74, 6) is 1.76. The van der Waals surface area contributed by atoms with Crippen molar-refractivity contribution >= 4 is 33.0 Å². The van der Waals surface area contributed by atoms with E-state index in [1.54, 1.807) is 10.4 Å². The van der Waals surface area contributed by atoms with E-state index < -0.39 is 10.0 Å². The second-order valence-electron chi connectivity index (χ2n) is 7.05. The molecule has 0 saturated carbocycles. The number of piperazine rings is 1. The van der Waals surface area contributed by atoms with Crippen LogP contribution in [0, 0.1) is 6.92 Å². The van der Waals surface area contributed by atoms with E-state index in [9.17, 15) is 8.42 Å². The zero-order valence-corrected chi connectivity index (χ0v) is 17.2. The summed E-state index contributed by atoms with van der Waals surface area (Å²) in [6, 6.07) is 7.59. The normalized spacial score (nSPS) is 19.4. The summed E-state index contributed by atoms with van der Waals surface area (Å²) in [5, 5.41) is 8.79. The SMILES string of the molecule is Cc1ccc(S(=O)(=O)N2CCN(c3ccc(N4CCCCC4)nn3)CC2)s1. The van der Waals surface area contributed by atoms with Gasteiger partial charge < -0.3 is 9.80 Å². The number of sulfonamides is 1. The molecule has 4 rings (SSSR count). The molecular formula is C18H25N5O2S2. The van der Waals surface area contributed by atoms with Gasteiger partial charge in [0.25, 0.3) is 10.0 Å². The Kier molecular flexibility index (Phi) is 5.34. The lowest BCUT2D eigenvalue weighted by molar-refractivity contribution is 0.384. The third-order valence-corrected chi connectivity index (χ3v) is 8.56. The lowest BCUT2D eigenvalue weighted by Crippen LogP contribution is -2.48. The van der Waals surface area contributed by atoms with E-state index in [2.05, 4.69) is 20.0 Å². The van der Waals surface area contributed by atoms with E-state index in [0.717, 1.165) is 29.6 Å². The van der Waals surface area contributed by atoms with Gasteiger partial charge in [0.2, 0.25) is 0 Å². The van der Waals surface area contributed by atoms with Gasteiger partial charge in [-0.15, -0.1) is 21.5 Å². The first kappa shape index (κ1) is 18.6. The molecule has 7 nitrogen and oxygen atoms in total. The van der Waals surface area contributed by atoms with Crippen molar-refractivity contribution in [3.63, 3.8) is 0 Å². The maximum absolute atomic E-state index is 12.7. The predicted octanol–water partition coefficient (Wildman–Crippen LogP) is 2.35. The van der Waals surface area contributed by atoms with E-state index in [4.69, 9.17) is 0 Å². The first-order chi connectivity index (χ1) is 13.0. The Bertz CT molecular complexity index is 867. The molecule has 2 aliphatic heterocycles. The van der Waals surface area contributed by atoms with Crippen LogP contribution in [0.3, 0.4) is 0 Å². The van der Waals surface area contributed by atoms with E-state index in [1.165, 1.54) is 30.6 Å². The summed E-state index contributed by atoms with van der Waals surface area (Å²) in [4.78, 5) is 5.41. The summed E-state index contributed by atoms with van der Waals surface area (Å²) in [7, 11) is -3.39. The lowest BCUT2D eigenvalue weighted by Gasteiger charge is -2.34. The molecule has 0 bridgehead atoms. The van der Waals surface area contributed by atoms with Crippen molar-refractivity contribution < 1.29 is 8.42 Å². The maximum Gasteiger partial charge on any atom is 0.252 e. The average Bonchev–Trinajstić information content (AvgIpc) is 3.16. The van der Waals surface area contributed by atoms with Gasteiger partial charge in [0.15, 0.2) is 11.6 Å². The highest BCUT2D eigenvalue weighted by Gasteiger charge is 2.30. The first-order valence-electron chi connectivity index (χ1n) is 9.44. The Hall–Kier alpha value is -1.71. The Morgan fingerprint density at radius 3 is 1.93 bits per heavy atom. The number of rotatable bonds is 4. The molecule has 0 atom stereocenters. The van der Waals surface area contributed by atoms with Gasteiger partial charge in [0.05, 0.1) is 0 Å². The predicted molar refractivity (Wildman–Crippen MR) is 108 cm³/mol. The van der Waals surface area contributed by atoms with Gasteiger partial charge in [0.1, 0.15) is 4.21 Å². The summed E-state index contributed by atoms with van der Waals surface area (Å²) < 4.78 is 27.5. The largest absolute Gasteiger partial charge is 0.355 e. The average molecular weight is 408 g/mol. The molecule has 146 valence electrons. The van der Waals surface area contributed by atoms with Gasteiger partial charge in [-0.1, -0.05) is 0 Å². The van der Waals surface area contributed by atoms with Crippen molar-refractivity contribution in [2.75, 3.05) is 49.1 Å². The molecular weight excluding hydrogens is 382 g/mol. The Morgan fingerprint density at radius 1 is 0.815 bits per heavy atom. The maximum atomic E-state index is 12.7. The molecule has 2 saturated heterocycles. The second kappa shape index (κ2) is 7.73. The minimum atomic E-state index is -3.39. The molecule has 0 aliphatic carbocycles. The molecule has 0 N–H and O–H groups in total. The number of aryl methyl sites for hydroxylation is 1. The zero-order valence-electron chi connectivity index (χ0n) is 15.5. The standard InChI is InChI=1S/C18H25N5O2S2/c1-15-5-8-18(26-15)27(24,25)23-13-11-22(12-14-23)17-7-6-16(19-20-17)21-9-3-2-4-10-21/h5-8H,2-4,9-14H2,1H3. The Balaban J connectivity index is 1.39. The molecule has 2 aromatic rings. The number of hydrogen-bond donors (Lipinski definition) is 0. The van der Waals surface area contributed by atoms with E-state index in [-0.39, 0.29) is 0 Å². The zero-order chi connectivity index (χ0) is 18.9. The smallest absolute Gasteiger partial charge is 0.252 e. The highest BCUT2D eigenvalue weighted by atomic mass is 32.2. The van der Waals surface area contributed by atoms with Crippen LogP contribution in [0.1, 0.15) is 24.1 Å². The third kappa shape index (κ3) is 3.95. The minimum absolute atomic E-state index is 0.430. The van der Waals surface area contributed by atoms with Crippen LogP contribution in [0.25, 0.3) is 0 Å². The van der Waals surface area contributed by atoms with Crippen LogP contribution in [-0.4, -0.2) is 62.2 Å². The van der Waals surface area contributed by atoms with Crippen molar-refractivity contribution in [2.24, 2.45) is 0 Å². The molecule has 0 radical (unpaired) electrons. The summed E-state index contributed by atoms with van der Waals surface area (Å²) in [6.45, 7) is 6.21. The molecule has 0 amide bonds. The second-order valence-corrected chi connectivity index (χ2v) is 10.5. The molecule has 27 heavy (non-hydrogen) atoms. The van der Waals surface area contributed by atoms with Crippen LogP contribution < -0.4 is 9.80 Å². The molecule has 2 aliphatic rings. The number of piperidine rings is 1. The quantitative estimate of drug-likeness (QED) is 0.775. The van der Waals surface area contributed by atoms with Gasteiger partial charge in [-0.05, 0) is 50.5 Å². The van der Waals surface area contributed by atoms with Crippen LogP contribution in [-0.2, 0) is 10.0 Å². The fraction of sp³-hybridized carbons (Fsp3) is 0.556. The number of hydrogen-bond acceptors (Lipinski definition) is 7. The van der Waals surface area contributed by atoms with Crippen LogP contribution in [0.2, 0.25) is 0 Å². The Labute approximate surface area is 164 Å². The summed E-state index contributed by atoms with van der Waals surface area (Å²) in [5.41, 5.74) is 0. The fourth-order valence-corrected chi connectivity index (χ4v) is 6.47. The van der Waals surface area contributed by atoms with Crippen molar-refractivity contribution in [1.82, 2.24) is 14.5 Å². The molecule has 2 fully saturated rings. The van der Waals surface area contributed by atoms with Crippen LogP contribution >= 0.6 is 11.3 Å². The lowest BCUT2D eigenvalue weighted by atomic mass is 10.1. The number of anilines is 2. The van der Waals surface area contributed by atoms with Gasteiger partial charge >= 0.3 is 0 Å². The number of nitrogens with zero attached hydrogens (tertiary/aromatic N) is 5. The van der Waals surface area contributed by atoms with Gasteiger partial charge in [-0.3, -0.25) is 0 Å². The summed E-state index contributed by atoms with van der Waals surface area (Å²) in [6.07, 6.45) is 3.72. The van der Waals surface area contributed by atoms with Crippen molar-refractivity contribution in [1.29, 1.82) is 0 Å². The fourth-order valence-electron chi connectivity index (χ4n) is 3.61. The Morgan fingerprint density at radius 2 is 1.41 bits per heavy atom. The van der Waals surface area contributed by atoms with Gasteiger partial charge in [-0.25, -0.2) is 8.42 Å².